The summed E-state index contributed by atoms with van der Waals surface area (Å²) in [5, 5.41) is 7.13. The highest BCUT2D eigenvalue weighted by Gasteiger charge is 2.16. The SMILES string of the molecule is COc1cc(/C=N/NC(=O)CNC(=O)c2ccc3c(c2)OCO3)cc(Br)c1OCc1ccc(Cl)cc1. The van der Waals surface area contributed by atoms with Crippen LogP contribution in [0.2, 0.25) is 5.02 Å². The van der Waals surface area contributed by atoms with Gasteiger partial charge in [-0.25, -0.2) is 5.43 Å². The first-order valence-electron chi connectivity index (χ1n) is 10.7. The summed E-state index contributed by atoms with van der Waals surface area (Å²) in [6.45, 7) is 0.186. The van der Waals surface area contributed by atoms with Crippen LogP contribution < -0.4 is 29.7 Å². The second kappa shape index (κ2) is 11.8. The number of nitrogens with zero attached hydrogens (tertiary/aromatic N) is 1. The molecule has 11 heteroatoms. The van der Waals surface area contributed by atoms with Gasteiger partial charge >= 0.3 is 0 Å². The lowest BCUT2D eigenvalue weighted by atomic mass is 10.2. The molecular weight excluding hydrogens is 554 g/mol. The first kappa shape index (κ1) is 25.3. The van der Waals surface area contributed by atoms with Crippen molar-refractivity contribution >= 4 is 45.6 Å². The summed E-state index contributed by atoms with van der Waals surface area (Å²) in [4.78, 5) is 24.4. The van der Waals surface area contributed by atoms with Gasteiger partial charge in [-0.05, 0) is 69.5 Å². The van der Waals surface area contributed by atoms with Crippen molar-refractivity contribution in [3.8, 4) is 23.0 Å². The number of hydrazone groups is 1. The second-order valence-electron chi connectivity index (χ2n) is 7.49. The van der Waals surface area contributed by atoms with E-state index in [4.69, 9.17) is 30.5 Å². The van der Waals surface area contributed by atoms with Crippen LogP contribution in [0.15, 0.2) is 64.2 Å². The van der Waals surface area contributed by atoms with Gasteiger partial charge in [0.1, 0.15) is 6.61 Å². The molecule has 1 aliphatic rings. The lowest BCUT2D eigenvalue weighted by molar-refractivity contribution is -0.120. The summed E-state index contributed by atoms with van der Waals surface area (Å²) in [6, 6.07) is 15.6. The van der Waals surface area contributed by atoms with Crippen LogP contribution in [-0.2, 0) is 11.4 Å². The Bertz CT molecular complexity index is 1300. The third kappa shape index (κ3) is 6.46. The average molecular weight is 575 g/mol. The first-order valence-corrected chi connectivity index (χ1v) is 11.8. The quantitative estimate of drug-likeness (QED) is 0.292. The number of methoxy groups -OCH3 is 1. The molecule has 0 atom stereocenters. The number of hydrogen-bond donors (Lipinski definition) is 2. The summed E-state index contributed by atoms with van der Waals surface area (Å²) in [6.07, 6.45) is 1.45. The molecule has 1 aliphatic heterocycles. The highest BCUT2D eigenvalue weighted by atomic mass is 79.9. The number of amides is 2. The van der Waals surface area contributed by atoms with Gasteiger partial charge in [0.05, 0.1) is 24.3 Å². The summed E-state index contributed by atoms with van der Waals surface area (Å²) in [5.41, 5.74) is 4.33. The predicted molar refractivity (Wildman–Crippen MR) is 137 cm³/mol. The molecule has 2 N–H and O–H groups in total. The number of benzene rings is 3. The number of carbonyl (C=O) groups excluding carboxylic acids is 2. The topological polar surface area (TPSA) is 107 Å². The number of nitrogens with one attached hydrogen (secondary N) is 2. The van der Waals surface area contributed by atoms with Crippen molar-refractivity contribution in [2.24, 2.45) is 5.10 Å². The van der Waals surface area contributed by atoms with Crippen LogP contribution in [0, 0.1) is 0 Å². The van der Waals surface area contributed by atoms with E-state index in [1.165, 1.54) is 13.3 Å². The monoisotopic (exact) mass is 573 g/mol. The molecule has 3 aromatic carbocycles. The molecule has 9 nitrogen and oxygen atoms in total. The van der Waals surface area contributed by atoms with Crippen LogP contribution in [0.1, 0.15) is 21.5 Å². The number of fused-ring (bicyclic) bond motifs is 1. The van der Waals surface area contributed by atoms with E-state index in [1.807, 2.05) is 12.1 Å². The van der Waals surface area contributed by atoms with Crippen molar-refractivity contribution in [3.63, 3.8) is 0 Å². The largest absolute Gasteiger partial charge is 0.493 e. The van der Waals surface area contributed by atoms with Crippen molar-refractivity contribution in [1.82, 2.24) is 10.7 Å². The molecule has 0 bridgehead atoms. The number of rotatable bonds is 9. The zero-order valence-corrected chi connectivity index (χ0v) is 21.4. The molecule has 4 rings (SSSR count). The summed E-state index contributed by atoms with van der Waals surface area (Å²) >= 11 is 9.41. The smallest absolute Gasteiger partial charge is 0.259 e. The molecular formula is C25H21BrClN3O6. The third-order valence-electron chi connectivity index (χ3n) is 5.00. The highest BCUT2D eigenvalue weighted by Crippen LogP contribution is 2.37. The zero-order chi connectivity index (χ0) is 25.5. The van der Waals surface area contributed by atoms with Gasteiger partial charge in [-0.2, -0.15) is 5.10 Å². The predicted octanol–water partition coefficient (Wildman–Crippen LogP) is 4.30. The molecule has 3 aromatic rings. The Balaban J connectivity index is 1.30. The van der Waals surface area contributed by atoms with E-state index in [0.717, 1.165) is 5.56 Å². The molecule has 186 valence electrons. The minimum Gasteiger partial charge on any atom is -0.493 e. The van der Waals surface area contributed by atoms with Gasteiger partial charge in [0.15, 0.2) is 23.0 Å². The standard InChI is InChI=1S/C25H21BrClN3O6/c1-33-22-9-16(8-19(26)24(22)34-13-15-2-5-18(27)6-3-15)11-29-30-23(31)12-28-25(32)17-4-7-20-21(10-17)36-14-35-20/h2-11H,12-14H2,1H3,(H,28,32)(H,30,31)/b29-11+. The van der Waals surface area contributed by atoms with Crippen molar-refractivity contribution in [2.75, 3.05) is 20.4 Å². The van der Waals surface area contributed by atoms with E-state index in [9.17, 15) is 9.59 Å². The Morgan fingerprint density at radius 1 is 1.11 bits per heavy atom. The van der Waals surface area contributed by atoms with Crippen LogP contribution in [-0.4, -0.2) is 38.5 Å². The van der Waals surface area contributed by atoms with Crippen LogP contribution in [0.4, 0.5) is 0 Å². The zero-order valence-electron chi connectivity index (χ0n) is 19.0. The van der Waals surface area contributed by atoms with Crippen LogP contribution >= 0.6 is 27.5 Å². The lowest BCUT2D eigenvalue weighted by Crippen LogP contribution is -2.34. The van der Waals surface area contributed by atoms with Crippen LogP contribution in [0.25, 0.3) is 0 Å². The molecule has 0 saturated carbocycles. The van der Waals surface area contributed by atoms with Crippen molar-refractivity contribution < 1.29 is 28.5 Å². The fourth-order valence-electron chi connectivity index (χ4n) is 3.21. The summed E-state index contributed by atoms with van der Waals surface area (Å²) < 4.78 is 22.5. The Morgan fingerprint density at radius 2 is 1.89 bits per heavy atom. The fourth-order valence-corrected chi connectivity index (χ4v) is 3.91. The molecule has 0 radical (unpaired) electrons. The van der Waals surface area contributed by atoms with Gasteiger partial charge < -0.3 is 24.3 Å². The van der Waals surface area contributed by atoms with Gasteiger partial charge in [-0.15, -0.1) is 0 Å². The second-order valence-corrected chi connectivity index (χ2v) is 8.78. The Hall–Kier alpha value is -3.76. The van der Waals surface area contributed by atoms with Crippen LogP contribution in [0.5, 0.6) is 23.0 Å². The lowest BCUT2D eigenvalue weighted by Gasteiger charge is -2.13. The van der Waals surface area contributed by atoms with Gasteiger partial charge in [-0.3, -0.25) is 9.59 Å². The Morgan fingerprint density at radius 3 is 2.67 bits per heavy atom. The summed E-state index contributed by atoms with van der Waals surface area (Å²) in [5.74, 6) is 1.16. The molecule has 0 saturated heterocycles. The van der Waals surface area contributed by atoms with E-state index < -0.39 is 11.8 Å². The molecule has 36 heavy (non-hydrogen) atoms. The molecule has 0 aliphatic carbocycles. The van der Waals surface area contributed by atoms with E-state index in [1.54, 1.807) is 42.5 Å². The van der Waals surface area contributed by atoms with Gasteiger partial charge in [0.2, 0.25) is 6.79 Å². The molecule has 0 unspecified atom stereocenters. The maximum atomic E-state index is 12.3. The maximum Gasteiger partial charge on any atom is 0.259 e. The highest BCUT2D eigenvalue weighted by molar-refractivity contribution is 9.10. The normalized spacial score (nSPS) is 11.9. The van der Waals surface area contributed by atoms with E-state index in [2.05, 4.69) is 31.8 Å². The first-order chi connectivity index (χ1) is 17.4. The number of halogens is 2. The van der Waals surface area contributed by atoms with E-state index >= 15 is 0 Å². The van der Waals surface area contributed by atoms with Gasteiger partial charge in [-0.1, -0.05) is 23.7 Å². The summed E-state index contributed by atoms with van der Waals surface area (Å²) in [7, 11) is 1.53. The molecule has 0 fully saturated rings. The Labute approximate surface area is 220 Å². The van der Waals surface area contributed by atoms with Gasteiger partial charge in [0.25, 0.3) is 11.8 Å². The molecule has 0 aromatic heterocycles. The van der Waals surface area contributed by atoms with E-state index in [-0.39, 0.29) is 13.3 Å². The molecule has 1 heterocycles. The molecule has 2 amide bonds. The third-order valence-corrected chi connectivity index (χ3v) is 5.84. The van der Waals surface area contributed by atoms with Gasteiger partial charge in [0, 0.05) is 10.6 Å². The minimum atomic E-state index is -0.491. The van der Waals surface area contributed by atoms with Crippen molar-refractivity contribution in [2.45, 2.75) is 6.61 Å². The van der Waals surface area contributed by atoms with Crippen molar-refractivity contribution in [3.05, 3.63) is 80.8 Å². The fraction of sp³-hybridized carbons (Fsp3) is 0.160. The maximum absolute atomic E-state index is 12.3. The van der Waals surface area contributed by atoms with Crippen LogP contribution in [0.3, 0.4) is 0 Å². The Kier molecular flexibility index (Phi) is 8.29. The number of carbonyl (C=O) groups is 2. The average Bonchev–Trinajstić information content (AvgIpc) is 3.35. The minimum absolute atomic E-state index is 0.114. The number of hydrogen-bond acceptors (Lipinski definition) is 7. The molecule has 0 spiro atoms. The van der Waals surface area contributed by atoms with E-state index in [0.29, 0.717) is 50.2 Å². The number of ether oxygens (including phenoxy) is 4. The van der Waals surface area contributed by atoms with Crippen molar-refractivity contribution in [1.29, 1.82) is 0 Å².